The molecule has 0 saturated carbocycles. The molecular weight excluding hydrogens is 328 g/mol. The fraction of sp³-hybridized carbons (Fsp3) is 0.333. The Kier molecular flexibility index (Phi) is 8.19. The van der Waals surface area contributed by atoms with Crippen LogP contribution in [0.15, 0.2) is 59.8 Å². The second kappa shape index (κ2) is 10.9. The molecule has 0 heterocycles. The van der Waals surface area contributed by atoms with Gasteiger partial charge in [-0.2, -0.15) is 0 Å². The summed E-state index contributed by atoms with van der Waals surface area (Å²) in [5.41, 5.74) is 2.08. The number of carbonyl (C=O) groups is 1. The number of aryl methyl sites for hydroxylation is 1. The minimum Gasteiger partial charge on any atom is -0.493 e. The fourth-order valence-corrected chi connectivity index (χ4v) is 2.48. The van der Waals surface area contributed by atoms with Crippen LogP contribution in [0.2, 0.25) is 0 Å². The van der Waals surface area contributed by atoms with Gasteiger partial charge in [0.1, 0.15) is 5.75 Å². The highest BCUT2D eigenvalue weighted by Crippen LogP contribution is 2.15. The van der Waals surface area contributed by atoms with Crippen LogP contribution in [-0.2, 0) is 16.1 Å². The van der Waals surface area contributed by atoms with Gasteiger partial charge in [-0.05, 0) is 44.4 Å². The molecular formula is C21H26N2O3. The minimum absolute atomic E-state index is 0.0777. The average Bonchev–Trinajstić information content (AvgIpc) is 2.66. The van der Waals surface area contributed by atoms with Crippen molar-refractivity contribution in [3.63, 3.8) is 0 Å². The van der Waals surface area contributed by atoms with E-state index in [4.69, 9.17) is 9.57 Å². The van der Waals surface area contributed by atoms with E-state index in [-0.39, 0.29) is 18.6 Å². The lowest BCUT2D eigenvalue weighted by Crippen LogP contribution is -2.35. The number of nitrogens with one attached hydrogen (secondary N) is 1. The van der Waals surface area contributed by atoms with Gasteiger partial charge in [-0.3, -0.25) is 4.79 Å². The molecule has 0 spiro atoms. The normalized spacial score (nSPS) is 11.9. The van der Waals surface area contributed by atoms with E-state index in [1.54, 1.807) is 6.21 Å². The first kappa shape index (κ1) is 19.5. The van der Waals surface area contributed by atoms with Crippen molar-refractivity contribution in [1.82, 2.24) is 5.32 Å². The Morgan fingerprint density at radius 2 is 1.88 bits per heavy atom. The first-order valence-corrected chi connectivity index (χ1v) is 8.89. The SMILES string of the molecule is CCOc1ccccc1C=NOCC(=O)NC(C)CCc1ccccc1. The van der Waals surface area contributed by atoms with Crippen molar-refractivity contribution in [2.24, 2.45) is 5.16 Å². The van der Waals surface area contributed by atoms with Gasteiger partial charge in [0, 0.05) is 11.6 Å². The zero-order valence-electron chi connectivity index (χ0n) is 15.4. The smallest absolute Gasteiger partial charge is 0.260 e. The van der Waals surface area contributed by atoms with E-state index in [1.165, 1.54) is 5.56 Å². The summed E-state index contributed by atoms with van der Waals surface area (Å²) in [5, 5.41) is 6.78. The van der Waals surface area contributed by atoms with Crippen LogP contribution in [0.1, 0.15) is 31.4 Å². The number of hydrogen-bond acceptors (Lipinski definition) is 4. The van der Waals surface area contributed by atoms with Gasteiger partial charge >= 0.3 is 0 Å². The number of carbonyl (C=O) groups excluding carboxylic acids is 1. The minimum atomic E-state index is -0.180. The highest BCUT2D eigenvalue weighted by Gasteiger charge is 2.08. The molecule has 0 fully saturated rings. The molecule has 0 aliphatic heterocycles. The Labute approximate surface area is 155 Å². The molecule has 26 heavy (non-hydrogen) atoms. The lowest BCUT2D eigenvalue weighted by Gasteiger charge is -2.13. The summed E-state index contributed by atoms with van der Waals surface area (Å²) in [6.45, 7) is 4.38. The summed E-state index contributed by atoms with van der Waals surface area (Å²) in [6, 6.07) is 17.8. The zero-order chi connectivity index (χ0) is 18.6. The predicted octanol–water partition coefficient (Wildman–Crippen LogP) is 3.57. The van der Waals surface area contributed by atoms with Crippen LogP contribution in [0.25, 0.3) is 0 Å². The summed E-state index contributed by atoms with van der Waals surface area (Å²) in [6.07, 6.45) is 3.35. The second-order valence-electron chi connectivity index (χ2n) is 5.97. The molecule has 5 heteroatoms. The molecule has 2 aromatic rings. The number of para-hydroxylation sites is 1. The highest BCUT2D eigenvalue weighted by molar-refractivity contribution is 5.83. The van der Waals surface area contributed by atoms with E-state index < -0.39 is 0 Å². The highest BCUT2D eigenvalue weighted by atomic mass is 16.6. The van der Waals surface area contributed by atoms with Gasteiger partial charge in [-0.15, -0.1) is 0 Å². The average molecular weight is 354 g/mol. The summed E-state index contributed by atoms with van der Waals surface area (Å²) in [7, 11) is 0. The molecule has 0 saturated heterocycles. The molecule has 0 aromatic heterocycles. The van der Waals surface area contributed by atoms with Crippen LogP contribution in [0, 0.1) is 0 Å². The third kappa shape index (κ3) is 6.97. The Hall–Kier alpha value is -2.82. The number of hydrogen-bond donors (Lipinski definition) is 1. The van der Waals surface area contributed by atoms with Gasteiger partial charge in [0.15, 0.2) is 6.61 Å². The van der Waals surface area contributed by atoms with E-state index in [9.17, 15) is 4.79 Å². The quantitative estimate of drug-likeness (QED) is 0.524. The maximum absolute atomic E-state index is 11.9. The molecule has 1 N–H and O–H groups in total. The van der Waals surface area contributed by atoms with E-state index in [2.05, 4.69) is 22.6 Å². The number of ether oxygens (including phenoxy) is 1. The molecule has 1 atom stereocenters. The van der Waals surface area contributed by atoms with E-state index in [1.807, 2.05) is 56.3 Å². The number of rotatable bonds is 10. The monoisotopic (exact) mass is 354 g/mol. The Morgan fingerprint density at radius 1 is 1.15 bits per heavy atom. The number of oxime groups is 1. The number of nitrogens with zero attached hydrogens (tertiary/aromatic N) is 1. The van der Waals surface area contributed by atoms with Crippen molar-refractivity contribution in [2.75, 3.05) is 13.2 Å². The predicted molar refractivity (Wildman–Crippen MR) is 104 cm³/mol. The first-order chi connectivity index (χ1) is 12.7. The molecule has 5 nitrogen and oxygen atoms in total. The summed E-state index contributed by atoms with van der Waals surface area (Å²) in [4.78, 5) is 17.0. The Bertz CT molecular complexity index is 701. The van der Waals surface area contributed by atoms with E-state index in [0.29, 0.717) is 6.61 Å². The molecule has 2 aromatic carbocycles. The number of benzene rings is 2. The third-order valence-corrected chi connectivity index (χ3v) is 3.80. The van der Waals surface area contributed by atoms with Crippen molar-refractivity contribution in [1.29, 1.82) is 0 Å². The standard InChI is InChI=1S/C21H26N2O3/c1-3-25-20-12-8-7-11-19(20)15-22-26-16-21(24)23-17(2)13-14-18-9-5-4-6-10-18/h4-12,15,17H,3,13-14,16H2,1-2H3,(H,23,24). The molecule has 0 aliphatic rings. The summed E-state index contributed by atoms with van der Waals surface area (Å²) < 4.78 is 5.51. The zero-order valence-corrected chi connectivity index (χ0v) is 15.4. The summed E-state index contributed by atoms with van der Waals surface area (Å²) in [5.74, 6) is 0.558. The molecule has 1 amide bonds. The first-order valence-electron chi connectivity index (χ1n) is 8.89. The Balaban J connectivity index is 1.70. The lowest BCUT2D eigenvalue weighted by atomic mass is 10.1. The van der Waals surface area contributed by atoms with Crippen LogP contribution in [0.4, 0.5) is 0 Å². The maximum Gasteiger partial charge on any atom is 0.260 e. The largest absolute Gasteiger partial charge is 0.493 e. The topological polar surface area (TPSA) is 59.9 Å². The van der Waals surface area contributed by atoms with E-state index in [0.717, 1.165) is 24.2 Å². The van der Waals surface area contributed by atoms with E-state index >= 15 is 0 Å². The third-order valence-electron chi connectivity index (χ3n) is 3.80. The molecule has 0 bridgehead atoms. The van der Waals surface area contributed by atoms with Crippen LogP contribution >= 0.6 is 0 Å². The van der Waals surface area contributed by atoms with Gasteiger partial charge in [0.2, 0.25) is 0 Å². The molecule has 138 valence electrons. The van der Waals surface area contributed by atoms with Crippen molar-refractivity contribution in [3.8, 4) is 5.75 Å². The Morgan fingerprint density at radius 3 is 2.65 bits per heavy atom. The second-order valence-corrected chi connectivity index (χ2v) is 5.97. The van der Waals surface area contributed by atoms with Crippen LogP contribution in [-0.4, -0.2) is 31.4 Å². The molecule has 1 unspecified atom stereocenters. The van der Waals surface area contributed by atoms with Crippen LogP contribution < -0.4 is 10.1 Å². The fourth-order valence-electron chi connectivity index (χ4n) is 2.48. The molecule has 2 rings (SSSR count). The van der Waals surface area contributed by atoms with Gasteiger partial charge in [0.25, 0.3) is 5.91 Å². The van der Waals surface area contributed by atoms with Crippen LogP contribution in [0.5, 0.6) is 5.75 Å². The molecule has 0 aliphatic carbocycles. The number of amides is 1. The van der Waals surface area contributed by atoms with Gasteiger partial charge in [-0.25, -0.2) is 0 Å². The van der Waals surface area contributed by atoms with Crippen molar-refractivity contribution in [2.45, 2.75) is 32.7 Å². The van der Waals surface area contributed by atoms with Crippen molar-refractivity contribution >= 4 is 12.1 Å². The van der Waals surface area contributed by atoms with Crippen molar-refractivity contribution < 1.29 is 14.4 Å². The van der Waals surface area contributed by atoms with Gasteiger partial charge < -0.3 is 14.9 Å². The molecule has 0 radical (unpaired) electrons. The summed E-state index contributed by atoms with van der Waals surface area (Å²) >= 11 is 0. The van der Waals surface area contributed by atoms with Crippen molar-refractivity contribution in [3.05, 3.63) is 65.7 Å². The lowest BCUT2D eigenvalue weighted by molar-refractivity contribution is -0.126. The van der Waals surface area contributed by atoms with Crippen LogP contribution in [0.3, 0.4) is 0 Å². The van der Waals surface area contributed by atoms with Gasteiger partial charge in [0.05, 0.1) is 12.8 Å². The van der Waals surface area contributed by atoms with Gasteiger partial charge in [-0.1, -0.05) is 47.6 Å². The maximum atomic E-state index is 11.9.